The first-order valence-corrected chi connectivity index (χ1v) is 7.07. The number of hydrogen-bond donors (Lipinski definition) is 0. The molecule has 0 unspecified atom stereocenters. The van der Waals surface area contributed by atoms with Gasteiger partial charge in [0.25, 0.3) is 0 Å². The molecule has 1 aromatic carbocycles. The van der Waals surface area contributed by atoms with Crippen LogP contribution in [-0.2, 0) is 4.79 Å². The van der Waals surface area contributed by atoms with Crippen LogP contribution in [0, 0.1) is 0 Å². The van der Waals surface area contributed by atoms with Gasteiger partial charge in [0.15, 0.2) is 0 Å². The van der Waals surface area contributed by atoms with Crippen molar-refractivity contribution in [3.63, 3.8) is 0 Å². The number of fused-ring (bicyclic) bond motifs is 2. The molecule has 0 saturated heterocycles. The smallest absolute Gasteiger partial charge is 0.234 e. The van der Waals surface area contributed by atoms with Crippen LogP contribution in [0.3, 0.4) is 0 Å². The molecule has 0 fully saturated rings. The Hall–Kier alpha value is -2.89. The number of aromatic nitrogens is 3. The third kappa shape index (κ3) is 2.00. The highest BCUT2D eigenvalue weighted by atomic mass is 16.5. The third-order valence-electron chi connectivity index (χ3n) is 3.73. The van der Waals surface area contributed by atoms with Gasteiger partial charge in [-0.25, -0.2) is 9.97 Å². The zero-order valence-electron chi connectivity index (χ0n) is 12.1. The van der Waals surface area contributed by atoms with Crippen LogP contribution in [-0.4, -0.2) is 33.4 Å². The second kappa shape index (κ2) is 4.84. The van der Waals surface area contributed by atoms with E-state index in [0.717, 1.165) is 22.7 Å². The van der Waals surface area contributed by atoms with Gasteiger partial charge in [-0.3, -0.25) is 9.20 Å². The lowest BCUT2D eigenvalue weighted by Crippen LogP contribution is -2.36. The van der Waals surface area contributed by atoms with Gasteiger partial charge in [-0.2, -0.15) is 0 Å². The molecule has 0 spiro atoms. The molecule has 0 atom stereocenters. The van der Waals surface area contributed by atoms with Crippen LogP contribution < -0.4 is 9.64 Å². The lowest BCUT2D eigenvalue weighted by Gasteiger charge is -2.28. The largest absolute Gasteiger partial charge is 0.490 e. The summed E-state index contributed by atoms with van der Waals surface area (Å²) >= 11 is 0. The summed E-state index contributed by atoms with van der Waals surface area (Å²) in [5.41, 5.74) is 2.54. The first-order chi connectivity index (χ1) is 10.7. The van der Waals surface area contributed by atoms with Crippen LogP contribution >= 0.6 is 0 Å². The van der Waals surface area contributed by atoms with Crippen molar-refractivity contribution in [3.05, 3.63) is 42.9 Å². The van der Waals surface area contributed by atoms with Crippen LogP contribution in [0.4, 0.5) is 5.69 Å². The SMILES string of the molecule is CC(=O)N1CCOc2ccc(-c3cn4cccnc4n3)cc21. The summed E-state index contributed by atoms with van der Waals surface area (Å²) in [6.45, 7) is 2.65. The lowest BCUT2D eigenvalue weighted by molar-refractivity contribution is -0.116. The Kier molecular flexibility index (Phi) is 2.82. The van der Waals surface area contributed by atoms with Crippen molar-refractivity contribution in [1.29, 1.82) is 0 Å². The number of benzene rings is 1. The van der Waals surface area contributed by atoms with E-state index in [4.69, 9.17) is 4.74 Å². The van der Waals surface area contributed by atoms with Crippen LogP contribution in [0.25, 0.3) is 17.0 Å². The number of ether oxygens (including phenoxy) is 1. The molecule has 3 aromatic rings. The number of amides is 1. The third-order valence-corrected chi connectivity index (χ3v) is 3.73. The van der Waals surface area contributed by atoms with Gasteiger partial charge in [0.2, 0.25) is 11.7 Å². The highest BCUT2D eigenvalue weighted by Crippen LogP contribution is 2.35. The van der Waals surface area contributed by atoms with Gasteiger partial charge in [0.1, 0.15) is 12.4 Å². The van der Waals surface area contributed by atoms with Crippen molar-refractivity contribution in [2.75, 3.05) is 18.1 Å². The quantitative estimate of drug-likeness (QED) is 0.690. The van der Waals surface area contributed by atoms with Crippen LogP contribution in [0.5, 0.6) is 5.75 Å². The molecule has 110 valence electrons. The second-order valence-corrected chi connectivity index (χ2v) is 5.15. The monoisotopic (exact) mass is 294 g/mol. The number of hydrogen-bond acceptors (Lipinski definition) is 4. The minimum Gasteiger partial charge on any atom is -0.490 e. The number of rotatable bonds is 1. The Labute approximate surface area is 127 Å². The summed E-state index contributed by atoms with van der Waals surface area (Å²) in [7, 11) is 0. The molecule has 1 aliphatic heterocycles. The van der Waals surface area contributed by atoms with Crippen molar-refractivity contribution in [2.24, 2.45) is 0 Å². The molecule has 1 aliphatic rings. The Balaban J connectivity index is 1.83. The molecule has 2 aromatic heterocycles. The molecule has 6 heteroatoms. The molecule has 0 aliphatic carbocycles. The fourth-order valence-electron chi connectivity index (χ4n) is 2.67. The molecule has 0 saturated carbocycles. The van der Waals surface area contributed by atoms with Gasteiger partial charge < -0.3 is 9.64 Å². The minimum atomic E-state index is 0.0124. The maximum absolute atomic E-state index is 11.8. The first kappa shape index (κ1) is 12.8. The average molecular weight is 294 g/mol. The van der Waals surface area contributed by atoms with E-state index in [9.17, 15) is 4.79 Å². The van der Waals surface area contributed by atoms with Gasteiger partial charge in [-0.15, -0.1) is 0 Å². The van der Waals surface area contributed by atoms with Crippen LogP contribution in [0.1, 0.15) is 6.92 Å². The number of imidazole rings is 1. The van der Waals surface area contributed by atoms with E-state index in [1.165, 1.54) is 0 Å². The predicted molar refractivity (Wildman–Crippen MR) is 81.9 cm³/mol. The fourth-order valence-corrected chi connectivity index (χ4v) is 2.67. The maximum atomic E-state index is 11.8. The molecule has 0 N–H and O–H groups in total. The summed E-state index contributed by atoms with van der Waals surface area (Å²) in [5, 5.41) is 0. The fraction of sp³-hybridized carbons (Fsp3) is 0.188. The lowest BCUT2D eigenvalue weighted by atomic mass is 10.1. The van der Waals surface area contributed by atoms with E-state index < -0.39 is 0 Å². The molecule has 3 heterocycles. The van der Waals surface area contributed by atoms with Crippen molar-refractivity contribution in [1.82, 2.24) is 14.4 Å². The highest BCUT2D eigenvalue weighted by molar-refractivity contribution is 5.94. The average Bonchev–Trinajstić information content (AvgIpc) is 2.97. The molecule has 0 bridgehead atoms. The molecule has 22 heavy (non-hydrogen) atoms. The van der Waals surface area contributed by atoms with Crippen LogP contribution in [0.2, 0.25) is 0 Å². The Bertz CT molecular complexity index is 838. The molecule has 4 rings (SSSR count). The summed E-state index contributed by atoms with van der Waals surface area (Å²) in [6, 6.07) is 7.63. The Morgan fingerprint density at radius 2 is 2.27 bits per heavy atom. The van der Waals surface area contributed by atoms with E-state index >= 15 is 0 Å². The maximum Gasteiger partial charge on any atom is 0.234 e. The van der Waals surface area contributed by atoms with E-state index in [-0.39, 0.29) is 5.91 Å². The number of nitrogens with zero attached hydrogens (tertiary/aromatic N) is 4. The number of carbonyl (C=O) groups is 1. The molecule has 6 nitrogen and oxygen atoms in total. The zero-order valence-corrected chi connectivity index (χ0v) is 12.1. The van der Waals surface area contributed by atoms with Gasteiger partial charge >= 0.3 is 0 Å². The number of anilines is 1. The highest BCUT2D eigenvalue weighted by Gasteiger charge is 2.22. The Morgan fingerprint density at radius 1 is 1.36 bits per heavy atom. The van der Waals surface area contributed by atoms with Crippen LogP contribution in [0.15, 0.2) is 42.9 Å². The minimum absolute atomic E-state index is 0.0124. The first-order valence-electron chi connectivity index (χ1n) is 7.07. The summed E-state index contributed by atoms with van der Waals surface area (Å²) in [4.78, 5) is 22.3. The van der Waals surface area contributed by atoms with E-state index in [0.29, 0.717) is 18.9 Å². The molecule has 1 amide bonds. The van der Waals surface area contributed by atoms with Crippen molar-refractivity contribution in [2.45, 2.75) is 6.92 Å². The second-order valence-electron chi connectivity index (χ2n) is 5.15. The molecular formula is C16H14N4O2. The zero-order chi connectivity index (χ0) is 15.1. The summed E-state index contributed by atoms with van der Waals surface area (Å²) in [6.07, 6.45) is 5.54. The van der Waals surface area contributed by atoms with Gasteiger partial charge in [-0.05, 0) is 24.3 Å². The van der Waals surface area contributed by atoms with Gasteiger partial charge in [0, 0.05) is 31.1 Å². The number of carbonyl (C=O) groups excluding carboxylic acids is 1. The van der Waals surface area contributed by atoms with E-state index in [1.54, 1.807) is 18.0 Å². The van der Waals surface area contributed by atoms with Gasteiger partial charge in [0.05, 0.1) is 17.9 Å². The van der Waals surface area contributed by atoms with E-state index in [2.05, 4.69) is 9.97 Å². The topological polar surface area (TPSA) is 59.7 Å². The predicted octanol–water partition coefficient (Wildman–Crippen LogP) is 2.14. The van der Waals surface area contributed by atoms with Gasteiger partial charge in [-0.1, -0.05) is 0 Å². The molecular weight excluding hydrogens is 280 g/mol. The normalized spacial score (nSPS) is 13.8. The Morgan fingerprint density at radius 3 is 3.09 bits per heavy atom. The summed E-state index contributed by atoms with van der Waals surface area (Å²) in [5.74, 6) is 1.39. The van der Waals surface area contributed by atoms with E-state index in [1.807, 2.05) is 41.1 Å². The molecule has 0 radical (unpaired) electrons. The standard InChI is InChI=1S/C16H14N4O2/c1-11(21)20-7-8-22-15-4-3-12(9-14(15)20)13-10-19-6-2-5-17-16(19)18-13/h2-6,9-10H,7-8H2,1H3. The van der Waals surface area contributed by atoms with Crippen molar-refractivity contribution < 1.29 is 9.53 Å². The summed E-state index contributed by atoms with van der Waals surface area (Å²) < 4.78 is 7.49. The van der Waals surface area contributed by atoms with Crippen molar-refractivity contribution in [3.8, 4) is 17.0 Å². The van der Waals surface area contributed by atoms with Crippen molar-refractivity contribution >= 4 is 17.4 Å².